The Balaban J connectivity index is 0.000000192. The highest BCUT2D eigenvalue weighted by molar-refractivity contribution is 5.44. The minimum absolute atomic E-state index is 0.0121. The van der Waals surface area contributed by atoms with Crippen LogP contribution in [0, 0.1) is 5.82 Å². The van der Waals surface area contributed by atoms with Crippen LogP contribution in [-0.2, 0) is 15.9 Å². The molecule has 0 spiro atoms. The van der Waals surface area contributed by atoms with Crippen LogP contribution in [0.15, 0.2) is 42.5 Å². The lowest BCUT2D eigenvalue weighted by molar-refractivity contribution is -0.00220. The number of fused-ring (bicyclic) bond motifs is 5. The van der Waals surface area contributed by atoms with E-state index in [0.717, 1.165) is 38.0 Å². The summed E-state index contributed by atoms with van der Waals surface area (Å²) < 4.78 is 24.9. The zero-order chi connectivity index (χ0) is 20.2. The number of likely N-dealkylation sites (N-methyl/N-ethyl adjacent to an activating group) is 1. The molecule has 0 amide bonds. The predicted molar refractivity (Wildman–Crippen MR) is 114 cm³/mol. The zero-order valence-electron chi connectivity index (χ0n) is 17.6. The van der Waals surface area contributed by atoms with Gasteiger partial charge in [0.05, 0.1) is 12.2 Å². The monoisotopic (exact) mass is 397 g/mol. The maximum atomic E-state index is 13.7. The molecular weight excluding hydrogens is 365 g/mol. The van der Waals surface area contributed by atoms with Gasteiger partial charge in [0.25, 0.3) is 0 Å². The Labute approximate surface area is 173 Å². The summed E-state index contributed by atoms with van der Waals surface area (Å²) in [5, 5.41) is 0. The SMILES string of the molecule is CCN1CCC(OC)C1.Fc1ccc2c(c1)C1OCCC[C@@H]1c1ccccc1C2. The molecule has 156 valence electrons. The molecule has 2 heterocycles. The van der Waals surface area contributed by atoms with Crippen LogP contribution < -0.4 is 0 Å². The smallest absolute Gasteiger partial charge is 0.123 e. The van der Waals surface area contributed by atoms with E-state index in [1.807, 2.05) is 6.07 Å². The molecule has 2 saturated heterocycles. The molecule has 3 nitrogen and oxygen atoms in total. The van der Waals surface area contributed by atoms with E-state index >= 15 is 0 Å². The number of halogens is 1. The van der Waals surface area contributed by atoms with Crippen molar-refractivity contribution in [2.24, 2.45) is 0 Å². The van der Waals surface area contributed by atoms with E-state index < -0.39 is 0 Å². The van der Waals surface area contributed by atoms with E-state index in [4.69, 9.17) is 9.47 Å². The molecule has 5 rings (SSSR count). The zero-order valence-corrected chi connectivity index (χ0v) is 17.6. The number of hydrogen-bond acceptors (Lipinski definition) is 3. The van der Waals surface area contributed by atoms with Crippen molar-refractivity contribution in [3.8, 4) is 0 Å². The van der Waals surface area contributed by atoms with E-state index in [9.17, 15) is 4.39 Å². The number of methoxy groups -OCH3 is 1. The fraction of sp³-hybridized carbons (Fsp3) is 0.520. The quantitative estimate of drug-likeness (QED) is 0.704. The van der Waals surface area contributed by atoms with Crippen molar-refractivity contribution in [2.45, 2.75) is 50.7 Å². The van der Waals surface area contributed by atoms with E-state index in [0.29, 0.717) is 12.0 Å². The summed E-state index contributed by atoms with van der Waals surface area (Å²) in [6.07, 6.45) is 4.81. The Morgan fingerprint density at radius 2 is 1.93 bits per heavy atom. The minimum Gasteiger partial charge on any atom is -0.380 e. The van der Waals surface area contributed by atoms with Crippen molar-refractivity contribution >= 4 is 0 Å². The molecule has 2 unspecified atom stereocenters. The van der Waals surface area contributed by atoms with E-state index in [2.05, 4.69) is 36.1 Å². The lowest BCUT2D eigenvalue weighted by Crippen LogP contribution is -2.22. The van der Waals surface area contributed by atoms with Gasteiger partial charge in [-0.3, -0.25) is 0 Å². The number of hydrogen-bond donors (Lipinski definition) is 0. The van der Waals surface area contributed by atoms with E-state index in [1.165, 1.54) is 36.2 Å². The molecule has 0 N–H and O–H groups in total. The lowest BCUT2D eigenvalue weighted by Gasteiger charge is -2.32. The molecule has 2 fully saturated rings. The van der Waals surface area contributed by atoms with Crippen molar-refractivity contribution in [3.05, 3.63) is 70.5 Å². The second kappa shape index (κ2) is 9.38. The van der Waals surface area contributed by atoms with Crippen molar-refractivity contribution in [3.63, 3.8) is 0 Å². The molecule has 2 aliphatic heterocycles. The molecular formula is C25H32FNO2. The molecule has 3 aliphatic rings. The average molecular weight is 398 g/mol. The highest BCUT2D eigenvalue weighted by Gasteiger charge is 2.34. The van der Waals surface area contributed by atoms with Crippen LogP contribution in [0.3, 0.4) is 0 Å². The van der Waals surface area contributed by atoms with Crippen LogP contribution in [0.1, 0.15) is 60.5 Å². The molecule has 29 heavy (non-hydrogen) atoms. The molecule has 2 aromatic rings. The van der Waals surface area contributed by atoms with Gasteiger partial charge in [-0.15, -0.1) is 0 Å². The van der Waals surface area contributed by atoms with Gasteiger partial charge >= 0.3 is 0 Å². The number of rotatable bonds is 2. The van der Waals surface area contributed by atoms with Gasteiger partial charge in [0.15, 0.2) is 0 Å². The van der Waals surface area contributed by atoms with Crippen molar-refractivity contribution in [2.75, 3.05) is 33.4 Å². The maximum absolute atomic E-state index is 13.7. The highest BCUT2D eigenvalue weighted by Crippen LogP contribution is 2.46. The third-order valence-corrected chi connectivity index (χ3v) is 6.58. The summed E-state index contributed by atoms with van der Waals surface area (Å²) in [7, 11) is 1.80. The second-order valence-electron chi connectivity index (χ2n) is 8.30. The Bertz CT molecular complexity index is 814. The van der Waals surface area contributed by atoms with Gasteiger partial charge in [0, 0.05) is 32.7 Å². The maximum Gasteiger partial charge on any atom is 0.123 e. The van der Waals surface area contributed by atoms with Crippen molar-refractivity contribution in [1.29, 1.82) is 0 Å². The Morgan fingerprint density at radius 1 is 1.10 bits per heavy atom. The Kier molecular flexibility index (Phi) is 6.63. The standard InChI is InChI=1S/C18H17FO.C7H15NO/c19-14-8-7-13-10-12-4-1-2-5-15(12)16-6-3-9-20-18(16)17(13)11-14;1-3-8-5-4-7(6-8)9-2/h1-2,4-5,7-8,11,16,18H,3,6,9-10H2;7H,3-6H2,1-2H3/t16-,18?;/m1./s1. The van der Waals surface area contributed by atoms with Gasteiger partial charge in [0.2, 0.25) is 0 Å². The average Bonchev–Trinajstić information content (AvgIpc) is 3.19. The summed E-state index contributed by atoms with van der Waals surface area (Å²) in [5.74, 6) is 0.200. The van der Waals surface area contributed by atoms with Crippen LogP contribution in [0.4, 0.5) is 4.39 Å². The number of likely N-dealkylation sites (tertiary alicyclic amines) is 1. The van der Waals surface area contributed by atoms with E-state index in [-0.39, 0.29) is 11.9 Å². The third-order valence-electron chi connectivity index (χ3n) is 6.58. The minimum atomic E-state index is -0.164. The molecule has 2 aromatic carbocycles. The third kappa shape index (κ3) is 4.55. The molecule has 4 heteroatoms. The Morgan fingerprint density at radius 3 is 2.69 bits per heavy atom. The summed E-state index contributed by atoms with van der Waals surface area (Å²) in [6, 6.07) is 13.7. The summed E-state index contributed by atoms with van der Waals surface area (Å²) in [6.45, 7) is 6.49. The molecule has 0 aromatic heterocycles. The highest BCUT2D eigenvalue weighted by atomic mass is 19.1. The first-order valence-corrected chi connectivity index (χ1v) is 10.9. The van der Waals surface area contributed by atoms with Crippen LogP contribution in [0.25, 0.3) is 0 Å². The number of benzene rings is 2. The normalized spacial score (nSPS) is 25.8. The predicted octanol–water partition coefficient (Wildman–Crippen LogP) is 5.09. The van der Waals surface area contributed by atoms with E-state index in [1.54, 1.807) is 19.2 Å². The van der Waals surface area contributed by atoms with Gasteiger partial charge < -0.3 is 14.4 Å². The number of ether oxygens (including phenoxy) is 2. The number of nitrogens with zero attached hydrogens (tertiary/aromatic N) is 1. The first-order chi connectivity index (χ1) is 14.2. The first-order valence-electron chi connectivity index (χ1n) is 10.9. The lowest BCUT2D eigenvalue weighted by atomic mass is 9.84. The topological polar surface area (TPSA) is 21.7 Å². The summed E-state index contributed by atoms with van der Waals surface area (Å²) in [5.41, 5.74) is 4.99. The molecule has 1 aliphatic carbocycles. The molecule has 0 bridgehead atoms. The van der Waals surface area contributed by atoms with Gasteiger partial charge in [-0.25, -0.2) is 4.39 Å². The van der Waals surface area contributed by atoms with Gasteiger partial charge in [-0.2, -0.15) is 0 Å². The van der Waals surface area contributed by atoms with Crippen LogP contribution in [0.5, 0.6) is 0 Å². The molecule has 0 saturated carbocycles. The molecule has 0 radical (unpaired) electrons. The Hall–Kier alpha value is -1.75. The largest absolute Gasteiger partial charge is 0.380 e. The van der Waals surface area contributed by atoms with Crippen molar-refractivity contribution in [1.82, 2.24) is 4.90 Å². The van der Waals surface area contributed by atoms with Crippen LogP contribution in [0.2, 0.25) is 0 Å². The van der Waals surface area contributed by atoms with Gasteiger partial charge in [0.1, 0.15) is 5.82 Å². The van der Waals surface area contributed by atoms with Gasteiger partial charge in [-0.05, 0) is 66.6 Å². The summed E-state index contributed by atoms with van der Waals surface area (Å²) >= 11 is 0. The second-order valence-corrected chi connectivity index (χ2v) is 8.30. The molecule has 3 atom stereocenters. The first kappa shape index (κ1) is 20.5. The summed E-state index contributed by atoms with van der Waals surface area (Å²) in [4.78, 5) is 2.41. The fourth-order valence-corrected chi connectivity index (χ4v) is 4.94. The van der Waals surface area contributed by atoms with Gasteiger partial charge in [-0.1, -0.05) is 37.3 Å². The van der Waals surface area contributed by atoms with Crippen LogP contribution >= 0.6 is 0 Å². The van der Waals surface area contributed by atoms with Crippen LogP contribution in [-0.4, -0.2) is 44.4 Å². The fourth-order valence-electron chi connectivity index (χ4n) is 4.94. The van der Waals surface area contributed by atoms with Crippen molar-refractivity contribution < 1.29 is 13.9 Å².